The summed E-state index contributed by atoms with van der Waals surface area (Å²) in [5.41, 5.74) is 3.59. The van der Waals surface area contributed by atoms with Gasteiger partial charge in [-0.15, -0.1) is 0 Å². The van der Waals surface area contributed by atoms with Crippen molar-refractivity contribution >= 4 is 50.0 Å². The summed E-state index contributed by atoms with van der Waals surface area (Å²) >= 11 is 6.44. The van der Waals surface area contributed by atoms with Gasteiger partial charge in [0.15, 0.2) is 5.82 Å². The molecule has 0 atom stereocenters. The number of aromatic nitrogens is 2. The number of fused-ring (bicyclic) bond motifs is 1. The highest BCUT2D eigenvalue weighted by molar-refractivity contribution is 7.90. The molecule has 1 fully saturated rings. The van der Waals surface area contributed by atoms with E-state index in [0.717, 1.165) is 17.3 Å². The highest BCUT2D eigenvalue weighted by Gasteiger charge is 2.31. The molecule has 1 N–H and O–H groups in total. The highest BCUT2D eigenvalue weighted by atomic mass is 35.5. The molecule has 1 amide bonds. The van der Waals surface area contributed by atoms with Crippen molar-refractivity contribution in [2.24, 2.45) is 0 Å². The van der Waals surface area contributed by atoms with Gasteiger partial charge < -0.3 is 5.32 Å². The summed E-state index contributed by atoms with van der Waals surface area (Å²) in [6.45, 7) is 2.68. The van der Waals surface area contributed by atoms with E-state index in [4.69, 9.17) is 11.6 Å². The van der Waals surface area contributed by atoms with E-state index in [0.29, 0.717) is 52.0 Å². The monoisotopic (exact) mass is 521 g/mol. The lowest BCUT2D eigenvalue weighted by Gasteiger charge is -2.34. The average Bonchev–Trinajstić information content (AvgIpc) is 2.86. The molecule has 0 saturated carbocycles. The molecular formula is C26H24ClN5O3S. The Kier molecular flexibility index (Phi) is 6.38. The number of benzene rings is 3. The quantitative estimate of drug-likeness (QED) is 0.412. The first-order valence-electron chi connectivity index (χ1n) is 11.4. The molecule has 0 unspecified atom stereocenters. The van der Waals surface area contributed by atoms with Gasteiger partial charge in [0.2, 0.25) is 0 Å². The van der Waals surface area contributed by atoms with Crippen LogP contribution in [0.1, 0.15) is 22.3 Å². The second-order valence-electron chi connectivity index (χ2n) is 8.66. The Morgan fingerprint density at radius 1 is 1.06 bits per heavy atom. The van der Waals surface area contributed by atoms with Crippen molar-refractivity contribution in [2.45, 2.75) is 13.3 Å². The summed E-state index contributed by atoms with van der Waals surface area (Å²) in [5, 5.41) is 4.29. The molecular weight excluding hydrogens is 498 g/mol. The van der Waals surface area contributed by atoms with Crippen LogP contribution in [0.2, 0.25) is 5.02 Å². The van der Waals surface area contributed by atoms with Crippen LogP contribution >= 0.6 is 11.6 Å². The molecule has 0 bridgehead atoms. The van der Waals surface area contributed by atoms with Gasteiger partial charge in [-0.2, -0.15) is 12.7 Å². The normalized spacial score (nSPS) is 15.7. The van der Waals surface area contributed by atoms with Crippen LogP contribution in [0.3, 0.4) is 0 Å². The number of aryl methyl sites for hydroxylation is 1. The maximum Gasteiger partial charge on any atom is 0.303 e. The third kappa shape index (κ3) is 4.53. The first-order valence-corrected chi connectivity index (χ1v) is 13.2. The van der Waals surface area contributed by atoms with E-state index < -0.39 is 10.2 Å². The molecule has 1 aliphatic rings. The van der Waals surface area contributed by atoms with Crippen LogP contribution in [0.5, 0.6) is 0 Å². The van der Waals surface area contributed by atoms with Gasteiger partial charge in [0.25, 0.3) is 5.91 Å². The highest BCUT2D eigenvalue weighted by Crippen LogP contribution is 2.30. The Hall–Kier alpha value is -3.53. The van der Waals surface area contributed by atoms with Crippen molar-refractivity contribution in [2.75, 3.05) is 29.8 Å². The van der Waals surface area contributed by atoms with Crippen LogP contribution in [0, 0.1) is 6.92 Å². The molecule has 1 aromatic heterocycles. The molecule has 0 spiro atoms. The number of nitrogens with one attached hydrogen (secondary N) is 1. The number of anilines is 2. The van der Waals surface area contributed by atoms with Crippen LogP contribution in [0.4, 0.5) is 11.4 Å². The van der Waals surface area contributed by atoms with Gasteiger partial charge in [0, 0.05) is 48.5 Å². The number of rotatable bonds is 4. The lowest BCUT2D eigenvalue weighted by molar-refractivity contribution is 0.102. The van der Waals surface area contributed by atoms with Gasteiger partial charge in [-0.25, -0.2) is 9.97 Å². The van der Waals surface area contributed by atoms with Gasteiger partial charge >= 0.3 is 10.2 Å². The number of hydrogen-bond acceptors (Lipinski definition) is 5. The molecule has 1 saturated heterocycles. The largest absolute Gasteiger partial charge is 0.322 e. The molecule has 8 nitrogen and oxygen atoms in total. The standard InChI is InChI=1S/C26H24ClN5O3S/c1-17-14-20(32-13-5-12-31(2)36(32,34)35)9-10-21(17)26(33)29-19-8-11-23(27)22(15-19)25-28-16-18-6-3-4-7-24(18)30-25/h3-4,6-11,14-16H,5,12-13H2,1-2H3,(H,29,33). The molecule has 5 rings (SSSR count). The van der Waals surface area contributed by atoms with Gasteiger partial charge in [0.1, 0.15) is 0 Å². The molecule has 10 heteroatoms. The number of amides is 1. The minimum Gasteiger partial charge on any atom is -0.322 e. The topological polar surface area (TPSA) is 95.5 Å². The fraction of sp³-hybridized carbons (Fsp3) is 0.192. The Morgan fingerprint density at radius 3 is 2.67 bits per heavy atom. The van der Waals surface area contributed by atoms with E-state index in [9.17, 15) is 13.2 Å². The van der Waals surface area contributed by atoms with Crippen molar-refractivity contribution in [3.8, 4) is 11.4 Å². The average molecular weight is 522 g/mol. The molecule has 0 radical (unpaired) electrons. The Labute approximate surface area is 214 Å². The fourth-order valence-corrected chi connectivity index (χ4v) is 5.87. The van der Waals surface area contributed by atoms with E-state index in [2.05, 4.69) is 15.3 Å². The predicted molar refractivity (Wildman–Crippen MR) is 143 cm³/mol. The summed E-state index contributed by atoms with van der Waals surface area (Å²) in [5.74, 6) is 0.147. The first kappa shape index (κ1) is 24.2. The van der Waals surface area contributed by atoms with Crippen molar-refractivity contribution in [1.29, 1.82) is 0 Å². The van der Waals surface area contributed by atoms with Crippen molar-refractivity contribution < 1.29 is 13.2 Å². The Morgan fingerprint density at radius 2 is 1.86 bits per heavy atom. The Balaban J connectivity index is 1.40. The van der Waals surface area contributed by atoms with Gasteiger partial charge in [-0.3, -0.25) is 9.10 Å². The molecule has 1 aliphatic heterocycles. The number of para-hydroxylation sites is 1. The van der Waals surface area contributed by atoms with Crippen LogP contribution < -0.4 is 9.62 Å². The lowest BCUT2D eigenvalue weighted by atomic mass is 10.1. The molecule has 0 aliphatic carbocycles. The van der Waals surface area contributed by atoms with Crippen molar-refractivity contribution in [1.82, 2.24) is 14.3 Å². The number of carbonyl (C=O) groups is 1. The van der Waals surface area contributed by atoms with Gasteiger partial charge in [-0.1, -0.05) is 29.8 Å². The van der Waals surface area contributed by atoms with Gasteiger partial charge in [-0.05, 0) is 61.4 Å². The van der Waals surface area contributed by atoms with Crippen LogP contribution in [-0.2, 0) is 10.2 Å². The van der Waals surface area contributed by atoms with Crippen LogP contribution in [0.25, 0.3) is 22.3 Å². The summed E-state index contributed by atoms with van der Waals surface area (Å²) in [4.78, 5) is 22.1. The summed E-state index contributed by atoms with van der Waals surface area (Å²) in [7, 11) is -1.99. The first-order chi connectivity index (χ1) is 17.2. The van der Waals surface area contributed by atoms with E-state index in [1.165, 1.54) is 8.61 Å². The summed E-state index contributed by atoms with van der Waals surface area (Å²) in [6, 6.07) is 17.8. The molecule has 4 aromatic rings. The zero-order valence-corrected chi connectivity index (χ0v) is 21.3. The third-order valence-corrected chi connectivity index (χ3v) is 8.45. The maximum atomic E-state index is 13.1. The maximum absolute atomic E-state index is 13.1. The van der Waals surface area contributed by atoms with Crippen LogP contribution in [0.15, 0.2) is 66.9 Å². The number of halogens is 1. The smallest absolute Gasteiger partial charge is 0.303 e. The van der Waals surface area contributed by atoms with Gasteiger partial charge in [0.05, 0.1) is 16.2 Å². The summed E-state index contributed by atoms with van der Waals surface area (Å²) in [6.07, 6.45) is 2.47. The van der Waals surface area contributed by atoms with E-state index >= 15 is 0 Å². The molecule has 36 heavy (non-hydrogen) atoms. The van der Waals surface area contributed by atoms with E-state index in [1.54, 1.807) is 56.6 Å². The second kappa shape index (κ2) is 9.50. The molecule has 3 aromatic carbocycles. The third-order valence-electron chi connectivity index (χ3n) is 6.20. The minimum absolute atomic E-state index is 0.314. The SMILES string of the molecule is Cc1cc(N2CCCN(C)S2(=O)=O)ccc1C(=O)Nc1ccc(Cl)c(-c2ncc3ccccc3n2)c1. The van der Waals surface area contributed by atoms with Crippen molar-refractivity contribution in [3.63, 3.8) is 0 Å². The number of nitrogens with zero attached hydrogens (tertiary/aromatic N) is 4. The van der Waals surface area contributed by atoms with Crippen molar-refractivity contribution in [3.05, 3.63) is 83.0 Å². The number of hydrogen-bond donors (Lipinski definition) is 1. The zero-order valence-electron chi connectivity index (χ0n) is 19.8. The zero-order chi connectivity index (χ0) is 25.4. The minimum atomic E-state index is -3.56. The lowest BCUT2D eigenvalue weighted by Crippen LogP contribution is -2.48. The second-order valence-corrected chi connectivity index (χ2v) is 11.0. The Bertz CT molecular complexity index is 1590. The van der Waals surface area contributed by atoms with E-state index in [-0.39, 0.29) is 5.91 Å². The molecule has 2 heterocycles. The predicted octanol–water partition coefficient (Wildman–Crippen LogP) is 4.90. The molecule has 184 valence electrons. The number of carbonyl (C=O) groups excluding carboxylic acids is 1. The van der Waals surface area contributed by atoms with Crippen LogP contribution in [-0.4, -0.2) is 48.7 Å². The summed E-state index contributed by atoms with van der Waals surface area (Å²) < 4.78 is 28.1. The fourth-order valence-electron chi connectivity index (χ4n) is 4.23. The van der Waals surface area contributed by atoms with E-state index in [1.807, 2.05) is 24.3 Å².